The van der Waals surface area contributed by atoms with Crippen molar-refractivity contribution in [2.75, 3.05) is 71.5 Å². The monoisotopic (exact) mass is 501 g/mol. The number of fused-ring (bicyclic) bond motifs is 1. The normalized spacial score (nSPS) is 24.8. The predicted molar refractivity (Wildman–Crippen MR) is 136 cm³/mol. The van der Waals surface area contributed by atoms with Crippen LogP contribution in [-0.4, -0.2) is 100 Å². The molecule has 1 aliphatic carbocycles. The van der Waals surface area contributed by atoms with E-state index in [0.29, 0.717) is 32.4 Å². The Labute approximate surface area is 213 Å². The van der Waals surface area contributed by atoms with Gasteiger partial charge in [-0.1, -0.05) is 0 Å². The first kappa shape index (κ1) is 26.2. The van der Waals surface area contributed by atoms with Gasteiger partial charge < -0.3 is 25.0 Å². The second-order valence-corrected chi connectivity index (χ2v) is 9.83. The van der Waals surface area contributed by atoms with Crippen molar-refractivity contribution < 1.29 is 23.9 Å². The number of nitrogens with one attached hydrogen (secondary N) is 2. The van der Waals surface area contributed by atoms with Gasteiger partial charge in [0.15, 0.2) is 0 Å². The summed E-state index contributed by atoms with van der Waals surface area (Å²) in [6.45, 7) is 6.13. The maximum atomic E-state index is 12.8. The Balaban J connectivity index is 1.13. The molecule has 0 radical (unpaired) electrons. The topological polar surface area (TPSA) is 103 Å². The van der Waals surface area contributed by atoms with Crippen molar-refractivity contribution in [3.8, 4) is 5.75 Å². The first-order chi connectivity index (χ1) is 17.5. The number of ether oxygens (including phenoxy) is 2. The van der Waals surface area contributed by atoms with Gasteiger partial charge in [0.05, 0.1) is 26.2 Å². The number of urea groups is 1. The zero-order valence-corrected chi connectivity index (χ0v) is 21.4. The summed E-state index contributed by atoms with van der Waals surface area (Å²) in [4.78, 5) is 43.9. The molecule has 1 aromatic carbocycles. The van der Waals surface area contributed by atoms with E-state index in [1.165, 1.54) is 10.6 Å². The van der Waals surface area contributed by atoms with Gasteiger partial charge in [-0.15, -0.1) is 0 Å². The van der Waals surface area contributed by atoms with Crippen molar-refractivity contribution in [2.45, 2.75) is 31.7 Å². The van der Waals surface area contributed by atoms with Gasteiger partial charge in [0.25, 0.3) is 0 Å². The van der Waals surface area contributed by atoms with Gasteiger partial charge in [-0.25, -0.2) is 4.79 Å². The summed E-state index contributed by atoms with van der Waals surface area (Å²) in [5, 5.41) is 6.02. The molecule has 3 aliphatic rings. The summed E-state index contributed by atoms with van der Waals surface area (Å²) in [7, 11) is 3.22. The third-order valence-electron chi connectivity index (χ3n) is 7.64. The van der Waals surface area contributed by atoms with Crippen molar-refractivity contribution in [2.24, 2.45) is 11.8 Å². The second kappa shape index (κ2) is 12.4. The van der Waals surface area contributed by atoms with Crippen LogP contribution in [0.25, 0.3) is 0 Å². The number of hydrogen-bond donors (Lipinski definition) is 2. The molecule has 3 fully saturated rings. The average molecular weight is 502 g/mol. The number of anilines is 1. The van der Waals surface area contributed by atoms with Gasteiger partial charge in [-0.05, 0) is 56.5 Å². The lowest BCUT2D eigenvalue weighted by Crippen LogP contribution is -2.62. The van der Waals surface area contributed by atoms with Gasteiger partial charge in [0, 0.05) is 57.5 Å². The number of piperazine rings is 1. The van der Waals surface area contributed by atoms with Crippen molar-refractivity contribution in [1.82, 2.24) is 20.4 Å². The van der Waals surface area contributed by atoms with E-state index in [0.717, 1.165) is 44.9 Å². The van der Waals surface area contributed by atoms with Crippen molar-refractivity contribution >= 4 is 23.5 Å². The first-order valence-electron chi connectivity index (χ1n) is 13.0. The Bertz CT molecular complexity index is 902. The van der Waals surface area contributed by atoms with E-state index in [1.54, 1.807) is 14.2 Å². The molecule has 4 rings (SSSR count). The molecule has 0 aromatic heterocycles. The molecule has 3 atom stereocenters. The summed E-state index contributed by atoms with van der Waals surface area (Å²) < 4.78 is 10.2. The van der Waals surface area contributed by atoms with Crippen LogP contribution in [0.4, 0.5) is 10.5 Å². The van der Waals surface area contributed by atoms with Crippen LogP contribution >= 0.6 is 0 Å². The highest BCUT2D eigenvalue weighted by atomic mass is 16.5. The van der Waals surface area contributed by atoms with Crippen LogP contribution in [0.2, 0.25) is 0 Å². The molecule has 4 amide bonds. The maximum Gasteiger partial charge on any atom is 0.324 e. The summed E-state index contributed by atoms with van der Waals surface area (Å²) in [5.74, 6) is 0.334. The molecule has 3 unspecified atom stereocenters. The Hall–Kier alpha value is -2.85. The van der Waals surface area contributed by atoms with Crippen LogP contribution < -0.4 is 20.3 Å². The molecule has 36 heavy (non-hydrogen) atoms. The van der Waals surface area contributed by atoms with Gasteiger partial charge in [0.2, 0.25) is 11.8 Å². The van der Waals surface area contributed by atoms with Crippen LogP contribution in [-0.2, 0) is 14.3 Å². The van der Waals surface area contributed by atoms with Crippen LogP contribution in [0.3, 0.4) is 0 Å². The van der Waals surface area contributed by atoms with Gasteiger partial charge in [-0.2, -0.15) is 0 Å². The number of carbonyl (C=O) groups is 3. The summed E-state index contributed by atoms with van der Waals surface area (Å²) >= 11 is 0. The molecule has 10 nitrogen and oxygen atoms in total. The number of nitrogens with zero attached hydrogens (tertiary/aromatic N) is 3. The lowest BCUT2D eigenvalue weighted by Gasteiger charge is -2.41. The third-order valence-corrected chi connectivity index (χ3v) is 7.64. The Morgan fingerprint density at radius 1 is 1.06 bits per heavy atom. The number of methoxy groups -OCH3 is 2. The number of carbonyl (C=O) groups excluding carboxylic acids is 3. The molecule has 2 N–H and O–H groups in total. The SMILES string of the molecule is COCCN1C(=O)NC2CC(C(=O)NCCCN3CCN(c4ccc(OC)cc4)CC3)CCC2C1=O. The lowest BCUT2D eigenvalue weighted by atomic mass is 9.76. The van der Waals surface area contributed by atoms with E-state index in [1.807, 2.05) is 12.1 Å². The quantitative estimate of drug-likeness (QED) is 0.466. The molecule has 0 bridgehead atoms. The molecule has 10 heteroatoms. The van der Waals surface area contributed by atoms with E-state index in [2.05, 4.69) is 32.6 Å². The highest BCUT2D eigenvalue weighted by Gasteiger charge is 2.45. The zero-order valence-electron chi connectivity index (χ0n) is 21.4. The fraction of sp³-hybridized carbons (Fsp3) is 0.654. The number of amides is 4. The molecule has 2 aliphatic heterocycles. The first-order valence-corrected chi connectivity index (χ1v) is 13.0. The predicted octanol–water partition coefficient (Wildman–Crippen LogP) is 1.31. The van der Waals surface area contributed by atoms with Gasteiger partial charge >= 0.3 is 6.03 Å². The molecule has 2 heterocycles. The van der Waals surface area contributed by atoms with E-state index < -0.39 is 0 Å². The number of benzene rings is 1. The molecular formula is C26H39N5O5. The Morgan fingerprint density at radius 2 is 1.81 bits per heavy atom. The van der Waals surface area contributed by atoms with Crippen LogP contribution in [0.1, 0.15) is 25.7 Å². The minimum absolute atomic E-state index is 0.0290. The third kappa shape index (κ3) is 6.28. The van der Waals surface area contributed by atoms with E-state index in [4.69, 9.17) is 9.47 Å². The Morgan fingerprint density at radius 3 is 2.50 bits per heavy atom. The molecule has 1 aromatic rings. The molecular weight excluding hydrogens is 462 g/mol. The van der Waals surface area contributed by atoms with Gasteiger partial charge in [0.1, 0.15) is 5.75 Å². The van der Waals surface area contributed by atoms with E-state index >= 15 is 0 Å². The molecule has 2 saturated heterocycles. The average Bonchev–Trinajstić information content (AvgIpc) is 2.91. The molecule has 1 saturated carbocycles. The standard InChI is InChI=1S/C26H39N5O5/c1-35-17-16-31-25(33)22-9-4-19(18-23(22)28-26(31)34)24(32)27-10-3-11-29-12-14-30(15-13-29)20-5-7-21(36-2)8-6-20/h5-8,19,22-23H,3-4,9-18H2,1-2H3,(H,27,32)(H,28,34). The van der Waals surface area contributed by atoms with Crippen LogP contribution in [0.15, 0.2) is 24.3 Å². The number of imide groups is 1. The highest BCUT2D eigenvalue weighted by Crippen LogP contribution is 2.33. The van der Waals surface area contributed by atoms with Gasteiger partial charge in [-0.3, -0.25) is 19.4 Å². The minimum atomic E-state index is -0.383. The molecule has 0 spiro atoms. The molecule has 198 valence electrons. The fourth-order valence-electron chi connectivity index (χ4n) is 5.48. The number of rotatable bonds is 10. The van der Waals surface area contributed by atoms with E-state index in [-0.39, 0.29) is 42.3 Å². The number of hydrogen-bond acceptors (Lipinski definition) is 7. The van der Waals surface area contributed by atoms with Crippen molar-refractivity contribution in [3.63, 3.8) is 0 Å². The largest absolute Gasteiger partial charge is 0.497 e. The van der Waals surface area contributed by atoms with E-state index in [9.17, 15) is 14.4 Å². The Kier molecular flexibility index (Phi) is 9.03. The summed E-state index contributed by atoms with van der Waals surface area (Å²) in [5.41, 5.74) is 1.22. The van der Waals surface area contributed by atoms with Crippen molar-refractivity contribution in [1.29, 1.82) is 0 Å². The van der Waals surface area contributed by atoms with Crippen LogP contribution in [0.5, 0.6) is 5.75 Å². The summed E-state index contributed by atoms with van der Waals surface area (Å²) in [6.07, 6.45) is 2.69. The maximum absolute atomic E-state index is 12.8. The smallest absolute Gasteiger partial charge is 0.324 e. The zero-order chi connectivity index (χ0) is 25.5. The lowest BCUT2D eigenvalue weighted by molar-refractivity contribution is -0.139. The second-order valence-electron chi connectivity index (χ2n) is 9.83. The minimum Gasteiger partial charge on any atom is -0.497 e. The van der Waals surface area contributed by atoms with Crippen LogP contribution in [0, 0.1) is 11.8 Å². The summed E-state index contributed by atoms with van der Waals surface area (Å²) in [6, 6.07) is 7.54. The fourth-order valence-corrected chi connectivity index (χ4v) is 5.48. The highest BCUT2D eigenvalue weighted by molar-refractivity contribution is 5.99. The van der Waals surface area contributed by atoms with Crippen molar-refractivity contribution in [3.05, 3.63) is 24.3 Å².